The quantitative estimate of drug-likeness (QED) is 0.790. The van der Waals surface area contributed by atoms with Crippen LogP contribution < -0.4 is 4.74 Å². The molecule has 0 amide bonds. The van der Waals surface area contributed by atoms with Crippen molar-refractivity contribution in [1.29, 1.82) is 0 Å². The molecule has 5 nitrogen and oxygen atoms in total. The summed E-state index contributed by atoms with van der Waals surface area (Å²) < 4.78 is 50.6. The molecule has 2 aromatic rings. The smallest absolute Gasteiger partial charge is 0.418 e. The van der Waals surface area contributed by atoms with Crippen molar-refractivity contribution in [3.63, 3.8) is 0 Å². The van der Waals surface area contributed by atoms with E-state index in [1.165, 1.54) is 20.1 Å². The topological polar surface area (TPSA) is 53.4 Å². The van der Waals surface area contributed by atoms with Gasteiger partial charge in [-0.3, -0.25) is 0 Å². The molecule has 0 aliphatic heterocycles. The maximum atomic E-state index is 13.1. The summed E-state index contributed by atoms with van der Waals surface area (Å²) >= 11 is 0. The van der Waals surface area contributed by atoms with E-state index in [4.69, 9.17) is 9.47 Å². The summed E-state index contributed by atoms with van der Waals surface area (Å²) in [7, 11) is 1.28. The van der Waals surface area contributed by atoms with Crippen LogP contribution in [0.1, 0.15) is 31.0 Å². The van der Waals surface area contributed by atoms with Gasteiger partial charge in [0.2, 0.25) is 5.88 Å². The summed E-state index contributed by atoms with van der Waals surface area (Å²) in [6.07, 6.45) is -3.12. The second-order valence-electron chi connectivity index (χ2n) is 5.03. The zero-order valence-corrected chi connectivity index (χ0v) is 13.0. The molecule has 23 heavy (non-hydrogen) atoms. The largest absolute Gasteiger partial charge is 0.479 e. The molecule has 0 spiro atoms. The lowest BCUT2D eigenvalue weighted by atomic mass is 10.1. The molecule has 2 aromatic heterocycles. The minimum atomic E-state index is -4.58. The molecule has 0 aromatic carbocycles. The number of unbranched alkanes of at least 4 members (excludes halogenated alkanes) is 1. The van der Waals surface area contributed by atoms with E-state index >= 15 is 0 Å². The van der Waals surface area contributed by atoms with Gasteiger partial charge in [-0.2, -0.15) is 13.2 Å². The van der Waals surface area contributed by atoms with Crippen LogP contribution in [0, 0.1) is 6.92 Å². The molecular weight excluding hydrogens is 313 g/mol. The van der Waals surface area contributed by atoms with Gasteiger partial charge in [-0.05, 0) is 19.4 Å². The average Bonchev–Trinajstić information content (AvgIpc) is 2.81. The predicted octanol–water partition coefficient (Wildman–Crippen LogP) is 4.16. The monoisotopic (exact) mass is 330 g/mol. The first-order chi connectivity index (χ1) is 10.8. The standard InChI is InChI=1S/C15H17F3N2O3/c1-4-5-6-23-14(21)20-9(2)7-10-11(15(16,17)18)8-19-13(22-3)12(10)20/h7-8H,4-6H2,1-3H3. The molecule has 0 aliphatic carbocycles. The molecule has 0 saturated heterocycles. The fraction of sp³-hybridized carbons (Fsp3) is 0.467. The van der Waals surface area contributed by atoms with E-state index in [1.807, 2.05) is 6.92 Å². The Morgan fingerprint density at radius 3 is 2.65 bits per heavy atom. The Balaban J connectivity index is 2.61. The molecule has 2 heterocycles. The van der Waals surface area contributed by atoms with Gasteiger partial charge in [0.1, 0.15) is 5.52 Å². The van der Waals surface area contributed by atoms with Crippen LogP contribution >= 0.6 is 0 Å². The van der Waals surface area contributed by atoms with Crippen molar-refractivity contribution in [3.8, 4) is 5.88 Å². The number of rotatable bonds is 4. The van der Waals surface area contributed by atoms with Crippen LogP contribution in [0.3, 0.4) is 0 Å². The number of hydrogen-bond acceptors (Lipinski definition) is 4. The van der Waals surface area contributed by atoms with E-state index in [-0.39, 0.29) is 23.4 Å². The summed E-state index contributed by atoms with van der Waals surface area (Å²) in [6, 6.07) is 1.28. The van der Waals surface area contributed by atoms with Gasteiger partial charge in [0.15, 0.2) is 0 Å². The maximum Gasteiger partial charge on any atom is 0.418 e. The number of fused-ring (bicyclic) bond motifs is 1. The SMILES string of the molecule is CCCCOC(=O)n1c(C)cc2c(C(F)(F)F)cnc(OC)c21. The number of carbonyl (C=O) groups is 1. The fourth-order valence-electron chi connectivity index (χ4n) is 2.29. The van der Waals surface area contributed by atoms with E-state index in [1.54, 1.807) is 0 Å². The number of nitrogens with zero attached hydrogens (tertiary/aromatic N) is 2. The lowest BCUT2D eigenvalue weighted by Crippen LogP contribution is -2.16. The van der Waals surface area contributed by atoms with Gasteiger partial charge in [0.05, 0.1) is 19.3 Å². The minimum Gasteiger partial charge on any atom is -0.479 e. The number of methoxy groups -OCH3 is 1. The van der Waals surface area contributed by atoms with Crippen LogP contribution in [-0.2, 0) is 10.9 Å². The van der Waals surface area contributed by atoms with Crippen molar-refractivity contribution in [2.45, 2.75) is 32.9 Å². The van der Waals surface area contributed by atoms with E-state index in [9.17, 15) is 18.0 Å². The Labute approximate surface area is 131 Å². The van der Waals surface area contributed by atoms with Crippen LogP contribution in [0.15, 0.2) is 12.3 Å². The Morgan fingerprint density at radius 1 is 1.39 bits per heavy atom. The number of hydrogen-bond donors (Lipinski definition) is 0. The molecule has 0 saturated carbocycles. The molecule has 0 atom stereocenters. The van der Waals surface area contributed by atoms with Crippen LogP contribution in [0.4, 0.5) is 18.0 Å². The Hall–Kier alpha value is -2.25. The Morgan fingerprint density at radius 2 is 2.09 bits per heavy atom. The third-order valence-corrected chi connectivity index (χ3v) is 3.39. The summed E-state index contributed by atoms with van der Waals surface area (Å²) in [6.45, 7) is 3.66. The van der Waals surface area contributed by atoms with Crippen LogP contribution in [0.25, 0.3) is 10.9 Å². The number of aryl methyl sites for hydroxylation is 1. The molecule has 0 radical (unpaired) electrons. The lowest BCUT2D eigenvalue weighted by molar-refractivity contribution is -0.136. The van der Waals surface area contributed by atoms with Gasteiger partial charge in [-0.15, -0.1) is 0 Å². The first kappa shape index (κ1) is 17.1. The number of ether oxygens (including phenoxy) is 2. The third-order valence-electron chi connectivity index (χ3n) is 3.39. The van der Waals surface area contributed by atoms with Crippen LogP contribution in [0.2, 0.25) is 0 Å². The average molecular weight is 330 g/mol. The number of aromatic nitrogens is 2. The Bertz CT molecular complexity index is 723. The van der Waals surface area contributed by atoms with Gasteiger partial charge < -0.3 is 9.47 Å². The van der Waals surface area contributed by atoms with Crippen molar-refractivity contribution in [2.75, 3.05) is 13.7 Å². The van der Waals surface area contributed by atoms with Gasteiger partial charge >= 0.3 is 12.3 Å². The van der Waals surface area contributed by atoms with Crippen LogP contribution in [-0.4, -0.2) is 29.4 Å². The second-order valence-corrected chi connectivity index (χ2v) is 5.03. The summed E-state index contributed by atoms with van der Waals surface area (Å²) in [4.78, 5) is 15.9. The summed E-state index contributed by atoms with van der Waals surface area (Å²) in [5, 5.41) is -0.144. The molecule has 2 rings (SSSR count). The number of carbonyl (C=O) groups excluding carboxylic acids is 1. The van der Waals surface area contributed by atoms with E-state index in [2.05, 4.69) is 4.98 Å². The molecule has 0 fully saturated rings. The number of halogens is 3. The summed E-state index contributed by atoms with van der Waals surface area (Å²) in [5.74, 6) is -0.0615. The van der Waals surface area contributed by atoms with E-state index < -0.39 is 17.8 Å². The Kier molecular flexibility index (Phi) is 4.82. The first-order valence-electron chi connectivity index (χ1n) is 7.10. The van der Waals surface area contributed by atoms with Gasteiger partial charge in [0, 0.05) is 17.3 Å². The maximum absolute atomic E-state index is 13.1. The lowest BCUT2D eigenvalue weighted by Gasteiger charge is -2.12. The van der Waals surface area contributed by atoms with E-state index in [0.717, 1.165) is 11.0 Å². The van der Waals surface area contributed by atoms with Gasteiger partial charge in [0.25, 0.3) is 0 Å². The first-order valence-corrected chi connectivity index (χ1v) is 7.10. The van der Waals surface area contributed by atoms with Gasteiger partial charge in [-0.1, -0.05) is 13.3 Å². The molecule has 126 valence electrons. The predicted molar refractivity (Wildman–Crippen MR) is 77.7 cm³/mol. The van der Waals surface area contributed by atoms with Crippen molar-refractivity contribution in [2.24, 2.45) is 0 Å². The third kappa shape index (κ3) is 3.25. The van der Waals surface area contributed by atoms with Crippen molar-refractivity contribution < 1.29 is 27.4 Å². The highest BCUT2D eigenvalue weighted by Gasteiger charge is 2.35. The molecule has 8 heteroatoms. The van der Waals surface area contributed by atoms with Crippen molar-refractivity contribution in [3.05, 3.63) is 23.5 Å². The zero-order chi connectivity index (χ0) is 17.2. The van der Waals surface area contributed by atoms with Crippen LogP contribution in [0.5, 0.6) is 5.88 Å². The zero-order valence-electron chi connectivity index (χ0n) is 13.0. The highest BCUT2D eigenvalue weighted by atomic mass is 19.4. The fourth-order valence-corrected chi connectivity index (χ4v) is 2.29. The van der Waals surface area contributed by atoms with Gasteiger partial charge in [-0.25, -0.2) is 14.3 Å². The van der Waals surface area contributed by atoms with E-state index in [0.29, 0.717) is 18.3 Å². The summed E-state index contributed by atoms with van der Waals surface area (Å²) in [5.41, 5.74) is -0.642. The molecule has 0 aliphatic rings. The minimum absolute atomic E-state index is 0.0404. The normalized spacial score (nSPS) is 11.7. The molecular formula is C15H17F3N2O3. The van der Waals surface area contributed by atoms with Crippen molar-refractivity contribution in [1.82, 2.24) is 9.55 Å². The highest BCUT2D eigenvalue weighted by Crippen LogP contribution is 2.38. The molecule has 0 unspecified atom stereocenters. The highest BCUT2D eigenvalue weighted by molar-refractivity contribution is 5.95. The number of pyridine rings is 1. The number of alkyl halides is 3. The molecule has 0 N–H and O–H groups in total. The second kappa shape index (κ2) is 6.47. The van der Waals surface area contributed by atoms with Crippen molar-refractivity contribution >= 4 is 17.0 Å². The molecule has 0 bridgehead atoms.